The lowest BCUT2D eigenvalue weighted by molar-refractivity contribution is 0.461. The maximum absolute atomic E-state index is 10.2. The standard InChI is InChI=1S/C17H21BrN2O/c1-17(2,3)13-9-12(16(21)15(18)10-13)11-19-20-14-7-5-4-6-8-14/h4-10,19-21H,11H2,1-3H3. The number of aromatic hydroxyl groups is 1. The summed E-state index contributed by atoms with van der Waals surface area (Å²) in [6.45, 7) is 7.00. The average molecular weight is 349 g/mol. The maximum atomic E-state index is 10.2. The number of hydrogen-bond acceptors (Lipinski definition) is 3. The molecule has 0 amide bonds. The third kappa shape index (κ3) is 4.22. The number of anilines is 1. The summed E-state index contributed by atoms with van der Waals surface area (Å²) in [6.07, 6.45) is 0. The molecule has 0 fully saturated rings. The first-order chi connectivity index (χ1) is 9.88. The summed E-state index contributed by atoms with van der Waals surface area (Å²) in [5.41, 5.74) is 9.33. The molecule has 4 heteroatoms. The van der Waals surface area contributed by atoms with Crippen LogP contribution in [0, 0.1) is 0 Å². The minimum Gasteiger partial charge on any atom is -0.506 e. The predicted molar refractivity (Wildman–Crippen MR) is 91.4 cm³/mol. The van der Waals surface area contributed by atoms with E-state index in [9.17, 15) is 5.11 Å². The molecule has 0 aliphatic rings. The van der Waals surface area contributed by atoms with E-state index in [4.69, 9.17) is 0 Å². The Balaban J connectivity index is 2.11. The molecule has 0 saturated carbocycles. The van der Waals surface area contributed by atoms with Crippen LogP contribution < -0.4 is 10.9 Å². The zero-order valence-electron chi connectivity index (χ0n) is 12.6. The van der Waals surface area contributed by atoms with E-state index in [-0.39, 0.29) is 11.2 Å². The quantitative estimate of drug-likeness (QED) is 0.709. The van der Waals surface area contributed by atoms with E-state index in [0.717, 1.165) is 15.7 Å². The highest BCUT2D eigenvalue weighted by atomic mass is 79.9. The molecule has 0 saturated heterocycles. The van der Waals surface area contributed by atoms with Crippen LogP contribution in [0.25, 0.3) is 0 Å². The highest BCUT2D eigenvalue weighted by molar-refractivity contribution is 9.10. The fraction of sp³-hybridized carbons (Fsp3) is 0.294. The molecule has 2 aromatic carbocycles. The number of hydrogen-bond donors (Lipinski definition) is 3. The average Bonchev–Trinajstić information content (AvgIpc) is 2.43. The van der Waals surface area contributed by atoms with Gasteiger partial charge in [0.25, 0.3) is 0 Å². The van der Waals surface area contributed by atoms with Crippen molar-refractivity contribution < 1.29 is 5.11 Å². The molecule has 0 atom stereocenters. The van der Waals surface area contributed by atoms with Crippen LogP contribution in [-0.4, -0.2) is 5.11 Å². The number of nitrogens with one attached hydrogen (secondary N) is 2. The molecule has 0 aliphatic carbocycles. The lowest BCUT2D eigenvalue weighted by atomic mass is 9.86. The van der Waals surface area contributed by atoms with Crippen LogP contribution in [0.4, 0.5) is 5.69 Å². The smallest absolute Gasteiger partial charge is 0.134 e. The number of phenolic OH excluding ortho intramolecular Hbond substituents is 1. The number of rotatable bonds is 4. The minimum absolute atomic E-state index is 0.0395. The summed E-state index contributed by atoms with van der Waals surface area (Å²) < 4.78 is 0.728. The molecule has 0 unspecified atom stereocenters. The van der Waals surface area contributed by atoms with Crippen molar-refractivity contribution >= 4 is 21.6 Å². The molecule has 0 aromatic heterocycles. The zero-order valence-corrected chi connectivity index (χ0v) is 14.2. The second-order valence-corrected chi connectivity index (χ2v) is 6.91. The van der Waals surface area contributed by atoms with Gasteiger partial charge in [-0.2, -0.15) is 0 Å². The fourth-order valence-electron chi connectivity index (χ4n) is 1.99. The predicted octanol–water partition coefficient (Wildman–Crippen LogP) is 4.57. The molecule has 0 spiro atoms. The van der Waals surface area contributed by atoms with Crippen molar-refractivity contribution in [1.29, 1.82) is 0 Å². The second-order valence-electron chi connectivity index (χ2n) is 6.06. The SMILES string of the molecule is CC(C)(C)c1cc(Br)c(O)c(CNNc2ccccc2)c1. The van der Waals surface area contributed by atoms with E-state index in [2.05, 4.69) is 47.6 Å². The Kier molecular flexibility index (Phi) is 4.91. The molecular weight excluding hydrogens is 328 g/mol. The van der Waals surface area contributed by atoms with Gasteiger partial charge in [0.05, 0.1) is 4.47 Å². The number of hydrazine groups is 1. The molecule has 2 aromatic rings. The molecule has 21 heavy (non-hydrogen) atoms. The topological polar surface area (TPSA) is 44.3 Å². The van der Waals surface area contributed by atoms with Crippen LogP contribution >= 0.6 is 15.9 Å². The molecule has 0 bridgehead atoms. The lowest BCUT2D eigenvalue weighted by Crippen LogP contribution is -2.21. The Hall–Kier alpha value is -1.52. The summed E-state index contributed by atoms with van der Waals surface area (Å²) in [6, 6.07) is 13.9. The molecule has 112 valence electrons. The number of halogens is 1. The van der Waals surface area contributed by atoms with E-state index in [0.29, 0.717) is 6.54 Å². The maximum Gasteiger partial charge on any atom is 0.134 e. The van der Waals surface area contributed by atoms with Crippen LogP contribution in [-0.2, 0) is 12.0 Å². The van der Waals surface area contributed by atoms with Gasteiger partial charge in [-0.3, -0.25) is 0 Å². The van der Waals surface area contributed by atoms with Crippen LogP contribution in [0.5, 0.6) is 5.75 Å². The summed E-state index contributed by atoms with van der Waals surface area (Å²) in [5.74, 6) is 0.283. The molecule has 2 rings (SSSR count). The Morgan fingerprint density at radius 2 is 1.76 bits per heavy atom. The van der Waals surface area contributed by atoms with Gasteiger partial charge in [-0.15, -0.1) is 0 Å². The minimum atomic E-state index is 0.0395. The van der Waals surface area contributed by atoms with Gasteiger partial charge in [-0.25, -0.2) is 5.43 Å². The Labute approximate surface area is 134 Å². The third-order valence-electron chi connectivity index (χ3n) is 3.29. The van der Waals surface area contributed by atoms with Crippen molar-refractivity contribution in [2.45, 2.75) is 32.7 Å². The summed E-state index contributed by atoms with van der Waals surface area (Å²) in [4.78, 5) is 0. The van der Waals surface area contributed by atoms with Crippen molar-refractivity contribution in [3.05, 3.63) is 58.1 Å². The largest absolute Gasteiger partial charge is 0.506 e. The number of benzene rings is 2. The van der Waals surface area contributed by atoms with E-state index in [1.54, 1.807) is 0 Å². The van der Waals surface area contributed by atoms with Gasteiger partial charge < -0.3 is 10.5 Å². The Morgan fingerprint density at radius 3 is 2.38 bits per heavy atom. The Morgan fingerprint density at radius 1 is 1.10 bits per heavy atom. The molecule has 0 heterocycles. The van der Waals surface area contributed by atoms with Gasteiger partial charge >= 0.3 is 0 Å². The normalized spacial score (nSPS) is 11.4. The molecule has 3 N–H and O–H groups in total. The van der Waals surface area contributed by atoms with E-state index < -0.39 is 0 Å². The van der Waals surface area contributed by atoms with Gasteiger partial charge in [0.1, 0.15) is 5.75 Å². The monoisotopic (exact) mass is 348 g/mol. The third-order valence-corrected chi connectivity index (χ3v) is 3.90. The van der Waals surface area contributed by atoms with Crippen molar-refractivity contribution in [2.24, 2.45) is 0 Å². The lowest BCUT2D eigenvalue weighted by Gasteiger charge is -2.21. The van der Waals surface area contributed by atoms with Gasteiger partial charge in [0, 0.05) is 17.8 Å². The Bertz CT molecular complexity index is 606. The molecular formula is C17H21BrN2O. The first kappa shape index (κ1) is 15.9. The van der Waals surface area contributed by atoms with Crippen LogP contribution in [0.3, 0.4) is 0 Å². The fourth-order valence-corrected chi connectivity index (χ4v) is 2.49. The van der Waals surface area contributed by atoms with Crippen LogP contribution in [0.15, 0.2) is 46.9 Å². The highest BCUT2D eigenvalue weighted by Gasteiger charge is 2.17. The molecule has 0 radical (unpaired) electrons. The molecule has 3 nitrogen and oxygen atoms in total. The second kappa shape index (κ2) is 6.50. The van der Waals surface area contributed by atoms with Gasteiger partial charge in [-0.1, -0.05) is 45.0 Å². The van der Waals surface area contributed by atoms with Gasteiger partial charge in [0.15, 0.2) is 0 Å². The van der Waals surface area contributed by atoms with E-state index in [1.165, 1.54) is 5.56 Å². The number of phenols is 1. The summed E-state index contributed by atoms with van der Waals surface area (Å²) in [5, 5.41) is 10.2. The summed E-state index contributed by atoms with van der Waals surface area (Å²) >= 11 is 3.43. The van der Waals surface area contributed by atoms with Crippen molar-refractivity contribution in [1.82, 2.24) is 5.43 Å². The van der Waals surface area contributed by atoms with E-state index >= 15 is 0 Å². The molecule has 0 aliphatic heterocycles. The van der Waals surface area contributed by atoms with E-state index in [1.807, 2.05) is 42.5 Å². The highest BCUT2D eigenvalue weighted by Crippen LogP contribution is 2.34. The number of para-hydroxylation sites is 1. The summed E-state index contributed by atoms with van der Waals surface area (Å²) in [7, 11) is 0. The van der Waals surface area contributed by atoms with Gasteiger partial charge in [-0.05, 0) is 45.1 Å². The van der Waals surface area contributed by atoms with Crippen molar-refractivity contribution in [2.75, 3.05) is 5.43 Å². The first-order valence-corrected chi connectivity index (χ1v) is 7.73. The van der Waals surface area contributed by atoms with Crippen molar-refractivity contribution in [3.8, 4) is 5.75 Å². The first-order valence-electron chi connectivity index (χ1n) is 6.94. The van der Waals surface area contributed by atoms with Crippen LogP contribution in [0.2, 0.25) is 0 Å². The van der Waals surface area contributed by atoms with Crippen molar-refractivity contribution in [3.63, 3.8) is 0 Å². The van der Waals surface area contributed by atoms with Gasteiger partial charge in [0.2, 0.25) is 0 Å². The zero-order chi connectivity index (χ0) is 15.5. The van der Waals surface area contributed by atoms with Crippen LogP contribution in [0.1, 0.15) is 31.9 Å².